The van der Waals surface area contributed by atoms with E-state index < -0.39 is 84.5 Å². The molecule has 0 heterocycles. The molecule has 0 amide bonds. The first-order chi connectivity index (χ1) is 28.0. The summed E-state index contributed by atoms with van der Waals surface area (Å²) in [6.07, 6.45) is 23.2. The van der Waals surface area contributed by atoms with Crippen LogP contribution in [0.4, 0.5) is 0 Å². The Morgan fingerprint density at radius 3 is 1.81 bits per heavy atom. The standard InChI is InChI=1S/C41H72O16P2/c1-4-6-17-24-35(42)25-19-14-11-12-15-20-26-38(44)39(45)27-22-29-41(47)57-37(33-56-59(51,52)55-31-36(43)30-54-58(48,49)50)32-53-40(46)28-21-16-10-8-7-9-13-18-23-34(3)5-2/h6,11-12,14-15,17,19-20,25-26,34-39,42-45H,4-5,7-10,13,16,18,21-24,27-33H2,1-3H3,(H,51,52)(H2,48,49,50)/b14-11+,15-12-,17-6-,25-19+,26-20-/t34?,35-,36-,37+,38+,39+/m0/s1. The molecular formula is C41H72O16P2. The summed E-state index contributed by atoms with van der Waals surface area (Å²) in [4.78, 5) is 52.6. The molecule has 0 radical (unpaired) electrons. The van der Waals surface area contributed by atoms with Crippen molar-refractivity contribution in [3.63, 3.8) is 0 Å². The number of hydrogen-bond donors (Lipinski definition) is 7. The normalized spacial score (nSPS) is 16.8. The van der Waals surface area contributed by atoms with Crippen molar-refractivity contribution in [2.45, 2.75) is 154 Å². The van der Waals surface area contributed by atoms with Crippen molar-refractivity contribution in [3.05, 3.63) is 60.8 Å². The number of aliphatic hydroxyl groups is 4. The molecule has 2 unspecified atom stereocenters. The van der Waals surface area contributed by atoms with Gasteiger partial charge in [0, 0.05) is 12.8 Å². The van der Waals surface area contributed by atoms with Crippen LogP contribution < -0.4 is 0 Å². The predicted molar refractivity (Wildman–Crippen MR) is 225 cm³/mol. The zero-order valence-corrected chi connectivity index (χ0v) is 36.9. The Labute approximate surface area is 350 Å². The van der Waals surface area contributed by atoms with Crippen LogP contribution in [0.3, 0.4) is 0 Å². The SMILES string of the molecule is CC/C=C\C[C@H](O)/C=C/C=C/C=C\C=C/[C@@H](O)[C@H](O)CCCC(=O)O[C@H](COC(=O)CCCCCCCCCCC(C)CC)COP(=O)(O)OC[C@@H](O)COP(=O)(O)O. The van der Waals surface area contributed by atoms with Crippen molar-refractivity contribution in [1.29, 1.82) is 0 Å². The van der Waals surface area contributed by atoms with Gasteiger partial charge >= 0.3 is 27.6 Å². The Balaban J connectivity index is 4.92. The molecule has 7 atom stereocenters. The largest absolute Gasteiger partial charge is 0.472 e. The number of allylic oxidation sites excluding steroid dienone is 7. The van der Waals surface area contributed by atoms with Gasteiger partial charge in [-0.05, 0) is 38.0 Å². The van der Waals surface area contributed by atoms with E-state index in [9.17, 15) is 44.0 Å². The number of carbonyl (C=O) groups is 2. The van der Waals surface area contributed by atoms with E-state index in [2.05, 4.69) is 22.9 Å². The molecule has 18 heteroatoms. The molecule has 0 aliphatic heterocycles. The van der Waals surface area contributed by atoms with E-state index in [1.165, 1.54) is 38.2 Å². The lowest BCUT2D eigenvalue weighted by Crippen LogP contribution is -2.30. The Morgan fingerprint density at radius 2 is 1.19 bits per heavy atom. The minimum Gasteiger partial charge on any atom is -0.462 e. The summed E-state index contributed by atoms with van der Waals surface area (Å²) in [5.74, 6) is -0.601. The van der Waals surface area contributed by atoms with Crippen LogP contribution in [0.1, 0.15) is 124 Å². The third-order valence-corrected chi connectivity index (χ3v) is 10.2. The Kier molecular flexibility index (Phi) is 33.9. The van der Waals surface area contributed by atoms with E-state index in [0.29, 0.717) is 12.8 Å². The molecule has 7 N–H and O–H groups in total. The lowest BCUT2D eigenvalue weighted by Gasteiger charge is -2.21. The maximum atomic E-state index is 12.7. The molecule has 0 bridgehead atoms. The average molecular weight is 883 g/mol. The Hall–Kier alpha value is -2.30. The number of esters is 2. The highest BCUT2D eigenvalue weighted by atomic mass is 31.2. The number of hydrogen-bond acceptors (Lipinski definition) is 13. The maximum Gasteiger partial charge on any atom is 0.472 e. The second kappa shape index (κ2) is 35.3. The second-order valence-electron chi connectivity index (χ2n) is 14.3. The molecule has 0 rings (SSSR count). The van der Waals surface area contributed by atoms with Crippen molar-refractivity contribution in [3.8, 4) is 0 Å². The van der Waals surface area contributed by atoms with Crippen LogP contribution in [0.5, 0.6) is 0 Å². The summed E-state index contributed by atoms with van der Waals surface area (Å²) in [6, 6.07) is 0. The van der Waals surface area contributed by atoms with Crippen LogP contribution in [0.25, 0.3) is 0 Å². The van der Waals surface area contributed by atoms with E-state index >= 15 is 0 Å². The smallest absolute Gasteiger partial charge is 0.462 e. The van der Waals surface area contributed by atoms with Gasteiger partial charge in [-0.1, -0.05) is 139 Å². The third-order valence-electron chi connectivity index (χ3n) is 8.79. The van der Waals surface area contributed by atoms with Gasteiger partial charge in [0.15, 0.2) is 6.10 Å². The van der Waals surface area contributed by atoms with Crippen LogP contribution in [-0.2, 0) is 41.8 Å². The van der Waals surface area contributed by atoms with Crippen molar-refractivity contribution in [2.24, 2.45) is 5.92 Å². The summed E-state index contributed by atoms with van der Waals surface area (Å²) in [5.41, 5.74) is 0. The predicted octanol–water partition coefficient (Wildman–Crippen LogP) is 6.83. The Bertz CT molecular complexity index is 1340. The number of unbranched alkanes of at least 4 members (excludes halogenated alkanes) is 7. The maximum absolute atomic E-state index is 12.7. The molecule has 0 fully saturated rings. The van der Waals surface area contributed by atoms with E-state index in [-0.39, 0.29) is 25.7 Å². The summed E-state index contributed by atoms with van der Waals surface area (Å²) in [7, 11) is -9.81. The van der Waals surface area contributed by atoms with Gasteiger partial charge in [0.1, 0.15) is 12.7 Å². The monoisotopic (exact) mass is 882 g/mol. The van der Waals surface area contributed by atoms with Gasteiger partial charge in [0.05, 0.1) is 38.1 Å². The van der Waals surface area contributed by atoms with Crippen LogP contribution in [0.2, 0.25) is 0 Å². The van der Waals surface area contributed by atoms with E-state index in [1.54, 1.807) is 42.5 Å². The molecule has 0 aromatic carbocycles. The lowest BCUT2D eigenvalue weighted by molar-refractivity contribution is -0.161. The number of carbonyl (C=O) groups excluding carboxylic acids is 2. The minimum absolute atomic E-state index is 0.0208. The average Bonchev–Trinajstić information content (AvgIpc) is 3.18. The van der Waals surface area contributed by atoms with Gasteiger partial charge in [0.25, 0.3) is 0 Å². The molecule has 0 aromatic rings. The third kappa shape index (κ3) is 37.2. The van der Waals surface area contributed by atoms with Crippen molar-refractivity contribution in [2.75, 3.05) is 26.4 Å². The number of aliphatic hydroxyl groups excluding tert-OH is 4. The van der Waals surface area contributed by atoms with E-state index in [0.717, 1.165) is 38.0 Å². The van der Waals surface area contributed by atoms with Crippen molar-refractivity contribution in [1.82, 2.24) is 0 Å². The fraction of sp³-hybridized carbons (Fsp3) is 0.707. The molecule has 0 aliphatic carbocycles. The first-order valence-corrected chi connectivity index (χ1v) is 23.7. The second-order valence-corrected chi connectivity index (χ2v) is 17.0. The molecular weight excluding hydrogens is 810 g/mol. The van der Waals surface area contributed by atoms with Crippen molar-refractivity contribution >= 4 is 27.6 Å². The summed E-state index contributed by atoms with van der Waals surface area (Å²) < 4.78 is 47.4. The Morgan fingerprint density at radius 1 is 0.627 bits per heavy atom. The van der Waals surface area contributed by atoms with Gasteiger partial charge < -0.3 is 44.6 Å². The van der Waals surface area contributed by atoms with Gasteiger partial charge in [-0.3, -0.25) is 23.2 Å². The van der Waals surface area contributed by atoms with Crippen molar-refractivity contribution < 1.29 is 76.9 Å². The molecule has 342 valence electrons. The first-order valence-electron chi connectivity index (χ1n) is 20.7. The molecule has 0 saturated carbocycles. The fourth-order valence-electron chi connectivity index (χ4n) is 5.13. The number of phosphoric ester groups is 2. The van der Waals surface area contributed by atoms with E-state index in [4.69, 9.17) is 23.8 Å². The fourth-order valence-corrected chi connectivity index (χ4v) is 6.29. The topological polar surface area (TPSA) is 256 Å². The quantitative estimate of drug-likeness (QED) is 0.0111. The molecule has 0 saturated heterocycles. The van der Waals surface area contributed by atoms with Crippen LogP contribution in [0, 0.1) is 5.92 Å². The van der Waals surface area contributed by atoms with Gasteiger partial charge in [-0.15, -0.1) is 0 Å². The van der Waals surface area contributed by atoms with Gasteiger partial charge in [-0.25, -0.2) is 9.13 Å². The van der Waals surface area contributed by atoms with Crippen LogP contribution >= 0.6 is 15.6 Å². The van der Waals surface area contributed by atoms with E-state index in [1.807, 2.05) is 19.1 Å². The zero-order valence-electron chi connectivity index (χ0n) is 35.1. The minimum atomic E-state index is -4.91. The van der Waals surface area contributed by atoms with Gasteiger partial charge in [0.2, 0.25) is 0 Å². The molecule has 0 aliphatic rings. The number of ether oxygens (including phenoxy) is 2. The van der Waals surface area contributed by atoms with Crippen LogP contribution in [-0.4, -0.2) is 104 Å². The summed E-state index contributed by atoms with van der Waals surface area (Å²) in [6.45, 7) is 3.43. The molecule has 0 spiro atoms. The zero-order chi connectivity index (χ0) is 44.4. The lowest BCUT2D eigenvalue weighted by atomic mass is 9.99. The highest BCUT2D eigenvalue weighted by molar-refractivity contribution is 7.47. The van der Waals surface area contributed by atoms with Gasteiger partial charge in [-0.2, -0.15) is 0 Å². The molecule has 59 heavy (non-hydrogen) atoms. The van der Waals surface area contributed by atoms with Crippen LogP contribution in [0.15, 0.2) is 60.8 Å². The molecule has 0 aromatic heterocycles. The molecule has 16 nitrogen and oxygen atoms in total. The first kappa shape index (κ1) is 56.7. The highest BCUT2D eigenvalue weighted by Gasteiger charge is 2.28. The number of phosphoric acid groups is 2. The summed E-state index contributed by atoms with van der Waals surface area (Å²) in [5, 5.41) is 40.2. The highest BCUT2D eigenvalue weighted by Crippen LogP contribution is 2.43. The summed E-state index contributed by atoms with van der Waals surface area (Å²) >= 11 is 0. The number of rotatable bonds is 37.